The van der Waals surface area contributed by atoms with E-state index >= 15 is 0 Å². The summed E-state index contributed by atoms with van der Waals surface area (Å²) in [7, 11) is 0. The van der Waals surface area contributed by atoms with Gasteiger partial charge >= 0.3 is 12.3 Å². The number of fused-ring (bicyclic) bond motifs is 2. The highest BCUT2D eigenvalue weighted by Gasteiger charge is 2.22. The van der Waals surface area contributed by atoms with Gasteiger partial charge in [0.15, 0.2) is 5.75 Å². The minimum atomic E-state index is -0.957. The van der Waals surface area contributed by atoms with E-state index in [1.807, 2.05) is 0 Å². The van der Waals surface area contributed by atoms with Crippen molar-refractivity contribution in [1.82, 2.24) is 0 Å². The average molecular weight is 519 g/mol. The Morgan fingerprint density at radius 2 is 0.861 bits per heavy atom. The minimum Gasteiger partial charge on any atom is -0.395 e. The molecule has 5 aromatic carbocycles. The molecule has 0 saturated heterocycles. The number of carbonyl (C=O) groups excluding carboxylic acids is 2. The van der Waals surface area contributed by atoms with Crippen LogP contribution in [0.2, 0.25) is 10.0 Å². The number of hydrogen-bond acceptors (Lipinski definition) is 6. The first-order chi connectivity index (χ1) is 17.5. The van der Waals surface area contributed by atoms with Gasteiger partial charge in [-0.3, -0.25) is 0 Å². The summed E-state index contributed by atoms with van der Waals surface area (Å²) < 4.78 is 21.9. The summed E-state index contributed by atoms with van der Waals surface area (Å²) in [5.41, 5.74) is 0. The van der Waals surface area contributed by atoms with Crippen molar-refractivity contribution in [2.24, 2.45) is 0 Å². The molecule has 0 amide bonds. The third kappa shape index (κ3) is 5.05. The summed E-state index contributed by atoms with van der Waals surface area (Å²) in [6.07, 6.45) is -1.90. The molecule has 6 nitrogen and oxygen atoms in total. The molecule has 0 N–H and O–H groups in total. The standard InChI is InChI=1S/C28H16Cl2O6/c29-17-11-13-21-23(15-17)26(36-28(32)34-20-9-5-2-6-10-20)24-16-18(30)12-14-22(24)25(21)35-27(31)33-19-7-3-1-4-8-19/h1-16H. The molecule has 0 heterocycles. The fourth-order valence-electron chi connectivity index (χ4n) is 3.69. The van der Waals surface area contributed by atoms with Gasteiger partial charge in [0.2, 0.25) is 0 Å². The van der Waals surface area contributed by atoms with Crippen LogP contribution in [-0.4, -0.2) is 12.3 Å². The molecule has 0 aromatic heterocycles. The van der Waals surface area contributed by atoms with Gasteiger partial charge in [-0.05, 0) is 60.7 Å². The lowest BCUT2D eigenvalue weighted by Gasteiger charge is -2.16. The van der Waals surface area contributed by atoms with Crippen molar-refractivity contribution in [3.05, 3.63) is 107 Å². The zero-order valence-electron chi connectivity index (χ0n) is 18.4. The molecule has 0 radical (unpaired) electrons. The maximum atomic E-state index is 12.7. The van der Waals surface area contributed by atoms with Crippen molar-refractivity contribution >= 4 is 57.1 Å². The topological polar surface area (TPSA) is 71.1 Å². The van der Waals surface area contributed by atoms with Crippen molar-refractivity contribution in [1.29, 1.82) is 0 Å². The van der Waals surface area contributed by atoms with Crippen LogP contribution in [0.5, 0.6) is 23.0 Å². The van der Waals surface area contributed by atoms with Gasteiger partial charge in [-0.2, -0.15) is 0 Å². The number of halogens is 2. The normalized spacial score (nSPS) is 10.7. The number of para-hydroxylation sites is 2. The van der Waals surface area contributed by atoms with Crippen LogP contribution in [0.1, 0.15) is 0 Å². The largest absolute Gasteiger partial charge is 0.519 e. The first kappa shape index (κ1) is 23.5. The Hall–Kier alpha value is -4.26. The van der Waals surface area contributed by atoms with Crippen LogP contribution in [0, 0.1) is 0 Å². The third-order valence-electron chi connectivity index (χ3n) is 5.20. The lowest BCUT2D eigenvalue weighted by Crippen LogP contribution is -2.16. The van der Waals surface area contributed by atoms with Crippen molar-refractivity contribution in [3.8, 4) is 23.0 Å². The van der Waals surface area contributed by atoms with Crippen LogP contribution in [0.25, 0.3) is 21.5 Å². The molecule has 0 aliphatic carbocycles. The van der Waals surface area contributed by atoms with Crippen molar-refractivity contribution in [3.63, 3.8) is 0 Å². The quantitative estimate of drug-likeness (QED) is 0.135. The molecule has 5 aromatic rings. The summed E-state index contributed by atoms with van der Waals surface area (Å²) in [6, 6.07) is 26.8. The second-order valence-electron chi connectivity index (χ2n) is 7.57. The molecular weight excluding hydrogens is 503 g/mol. The Morgan fingerprint density at radius 1 is 0.472 bits per heavy atom. The van der Waals surface area contributed by atoms with Gasteiger partial charge in [0, 0.05) is 31.6 Å². The number of hydrogen-bond donors (Lipinski definition) is 0. The Labute approximate surface area is 215 Å². The van der Waals surface area contributed by atoms with Gasteiger partial charge in [-0.25, -0.2) is 9.59 Å². The number of ether oxygens (including phenoxy) is 4. The van der Waals surface area contributed by atoms with Gasteiger partial charge in [-0.15, -0.1) is 0 Å². The summed E-state index contributed by atoms with van der Waals surface area (Å²) in [5.74, 6) is 0.981. The lowest BCUT2D eigenvalue weighted by atomic mass is 10.0. The van der Waals surface area contributed by atoms with Gasteiger partial charge in [0.05, 0.1) is 0 Å². The van der Waals surface area contributed by atoms with E-state index in [2.05, 4.69) is 0 Å². The monoisotopic (exact) mass is 518 g/mol. The van der Waals surface area contributed by atoms with Crippen LogP contribution >= 0.6 is 23.2 Å². The van der Waals surface area contributed by atoms with Crippen LogP contribution < -0.4 is 18.9 Å². The summed E-state index contributed by atoms with van der Waals surface area (Å²) in [5, 5.41) is 2.49. The van der Waals surface area contributed by atoms with Crippen LogP contribution in [0.15, 0.2) is 97.1 Å². The van der Waals surface area contributed by atoms with E-state index in [1.54, 1.807) is 97.1 Å². The Kier molecular flexibility index (Phi) is 6.62. The first-order valence-electron chi connectivity index (χ1n) is 10.7. The second-order valence-corrected chi connectivity index (χ2v) is 8.45. The predicted molar refractivity (Wildman–Crippen MR) is 138 cm³/mol. The number of rotatable bonds is 4. The molecule has 5 rings (SSSR count). The van der Waals surface area contributed by atoms with Gasteiger partial charge in [0.1, 0.15) is 17.2 Å². The highest BCUT2D eigenvalue weighted by molar-refractivity contribution is 6.33. The van der Waals surface area contributed by atoms with Crippen molar-refractivity contribution in [2.45, 2.75) is 0 Å². The molecule has 0 atom stereocenters. The zero-order chi connectivity index (χ0) is 25.1. The van der Waals surface area contributed by atoms with E-state index < -0.39 is 12.3 Å². The highest BCUT2D eigenvalue weighted by Crippen LogP contribution is 2.44. The SMILES string of the molecule is O=C(Oc1ccccc1)Oc1c2ccc(Cl)cc2c(OC(=O)Oc2ccccc2)c2cc(Cl)ccc12. The fraction of sp³-hybridized carbons (Fsp3) is 0. The molecular formula is C28H16Cl2O6. The maximum Gasteiger partial charge on any atom is 0.519 e. The Bertz CT molecular complexity index is 1520. The third-order valence-corrected chi connectivity index (χ3v) is 5.67. The molecule has 8 heteroatoms. The van der Waals surface area contributed by atoms with E-state index in [-0.39, 0.29) is 11.5 Å². The molecule has 0 bridgehead atoms. The van der Waals surface area contributed by atoms with Crippen molar-refractivity contribution in [2.75, 3.05) is 0 Å². The fourth-order valence-corrected chi connectivity index (χ4v) is 4.04. The first-order valence-corrected chi connectivity index (χ1v) is 11.5. The highest BCUT2D eigenvalue weighted by atomic mass is 35.5. The molecule has 36 heavy (non-hydrogen) atoms. The summed E-state index contributed by atoms with van der Waals surface area (Å²) in [6.45, 7) is 0. The van der Waals surface area contributed by atoms with E-state index in [9.17, 15) is 9.59 Å². The van der Waals surface area contributed by atoms with Gasteiger partial charge in [-0.1, -0.05) is 59.6 Å². The van der Waals surface area contributed by atoms with Crippen molar-refractivity contribution < 1.29 is 28.5 Å². The van der Waals surface area contributed by atoms with E-state index in [1.165, 1.54) is 0 Å². The maximum absolute atomic E-state index is 12.7. The Morgan fingerprint density at radius 3 is 1.28 bits per heavy atom. The molecule has 0 saturated carbocycles. The van der Waals surface area contributed by atoms with Gasteiger partial charge < -0.3 is 18.9 Å². The molecule has 0 fully saturated rings. The van der Waals surface area contributed by atoms with E-state index in [0.717, 1.165) is 0 Å². The van der Waals surface area contributed by atoms with E-state index in [4.69, 9.17) is 42.1 Å². The molecule has 0 aliphatic rings. The predicted octanol–water partition coefficient (Wildman–Crippen LogP) is 8.46. The zero-order valence-corrected chi connectivity index (χ0v) is 20.0. The number of benzene rings is 5. The van der Waals surface area contributed by atoms with Crippen LogP contribution in [0.4, 0.5) is 9.59 Å². The number of carbonyl (C=O) groups is 2. The Balaban J connectivity index is 1.60. The van der Waals surface area contributed by atoms with E-state index in [0.29, 0.717) is 43.1 Å². The molecule has 0 aliphatic heterocycles. The molecule has 178 valence electrons. The van der Waals surface area contributed by atoms with Gasteiger partial charge in [0.25, 0.3) is 0 Å². The molecule has 0 unspecified atom stereocenters. The van der Waals surface area contributed by atoms with Crippen LogP contribution in [-0.2, 0) is 0 Å². The minimum absolute atomic E-state index is 0.148. The summed E-state index contributed by atoms with van der Waals surface area (Å²) >= 11 is 12.5. The average Bonchev–Trinajstić information content (AvgIpc) is 2.87. The molecule has 0 spiro atoms. The smallest absolute Gasteiger partial charge is 0.395 e. The summed E-state index contributed by atoms with van der Waals surface area (Å²) in [4.78, 5) is 25.4. The second kappa shape index (κ2) is 10.2. The lowest BCUT2D eigenvalue weighted by molar-refractivity contribution is 0.151. The van der Waals surface area contributed by atoms with Crippen LogP contribution in [0.3, 0.4) is 0 Å².